The average molecular weight is 630 g/mol. The summed E-state index contributed by atoms with van der Waals surface area (Å²) in [6.45, 7) is 5.79. The van der Waals surface area contributed by atoms with Crippen LogP contribution < -0.4 is 4.72 Å². The Morgan fingerprint density at radius 3 is 2.41 bits per heavy atom. The summed E-state index contributed by atoms with van der Waals surface area (Å²) >= 11 is 13.6. The molecule has 0 radical (unpaired) electrons. The van der Waals surface area contributed by atoms with Gasteiger partial charge in [-0.25, -0.2) is 13.4 Å². The topological polar surface area (TPSA) is 139 Å². The molecule has 1 atom stereocenters. The number of alkyl halides is 3. The van der Waals surface area contributed by atoms with E-state index < -0.39 is 43.7 Å². The van der Waals surface area contributed by atoms with Gasteiger partial charge in [-0.2, -0.15) is 17.9 Å². The molecule has 0 aliphatic rings. The molecule has 0 saturated carbocycles. The van der Waals surface area contributed by atoms with Crippen LogP contribution in [0.4, 0.5) is 13.2 Å². The molecule has 2 heterocycles. The molecule has 10 nitrogen and oxygen atoms in total. The van der Waals surface area contributed by atoms with Gasteiger partial charge in [0.15, 0.2) is 5.01 Å². The van der Waals surface area contributed by atoms with Gasteiger partial charge < -0.3 is 14.4 Å². The molecule has 1 aromatic carbocycles. The number of sulfonamides is 1. The van der Waals surface area contributed by atoms with Crippen molar-refractivity contribution in [3.05, 3.63) is 33.8 Å². The maximum absolute atomic E-state index is 13.3. The minimum atomic E-state index is -4.83. The van der Waals surface area contributed by atoms with Crippen LogP contribution in [0.5, 0.6) is 0 Å². The van der Waals surface area contributed by atoms with Crippen LogP contribution in [-0.4, -0.2) is 65.3 Å². The number of nitrogens with one attached hydrogen (secondary N) is 1. The second kappa shape index (κ2) is 11.3. The SMILES string of the molecule is CCCN(C)C(=O)c1nc(-c2nnc(C(C)(C)O)o2)sc1-c1ccc(S(=O)(=O)N[C@@H](C)C(F)(F)F)c(Cl)c1Cl. The number of rotatable bonds is 9. The molecule has 214 valence electrons. The first-order valence-corrected chi connectivity index (χ1v) is 14.3. The lowest BCUT2D eigenvalue weighted by molar-refractivity contribution is -0.147. The Bertz CT molecular complexity index is 1490. The summed E-state index contributed by atoms with van der Waals surface area (Å²) in [6.07, 6.45) is -4.18. The smallest absolute Gasteiger partial charge is 0.404 e. The van der Waals surface area contributed by atoms with Crippen molar-refractivity contribution in [2.45, 2.75) is 56.8 Å². The Hall–Kier alpha value is -2.30. The number of aromatic nitrogens is 3. The first-order chi connectivity index (χ1) is 17.9. The van der Waals surface area contributed by atoms with Gasteiger partial charge in [0.25, 0.3) is 11.8 Å². The summed E-state index contributed by atoms with van der Waals surface area (Å²) in [4.78, 5) is 18.5. The average Bonchev–Trinajstić information content (AvgIpc) is 3.47. The second-order valence-corrected chi connectivity index (χ2v) is 12.5. The van der Waals surface area contributed by atoms with Gasteiger partial charge in [-0.3, -0.25) is 4.79 Å². The lowest BCUT2D eigenvalue weighted by Crippen LogP contribution is -2.43. The van der Waals surface area contributed by atoms with Gasteiger partial charge in [0, 0.05) is 19.2 Å². The summed E-state index contributed by atoms with van der Waals surface area (Å²) in [5.74, 6) is -0.690. The number of benzene rings is 1. The maximum Gasteiger partial charge on any atom is 0.404 e. The quantitative estimate of drug-likeness (QED) is 0.333. The highest BCUT2D eigenvalue weighted by molar-refractivity contribution is 7.89. The van der Waals surface area contributed by atoms with E-state index in [2.05, 4.69) is 15.2 Å². The highest BCUT2D eigenvalue weighted by atomic mass is 35.5. The third-order valence-corrected chi connectivity index (χ3v) is 8.92. The van der Waals surface area contributed by atoms with Crippen LogP contribution in [0.2, 0.25) is 10.0 Å². The Kier molecular flexibility index (Phi) is 9.04. The Balaban J connectivity index is 2.15. The van der Waals surface area contributed by atoms with Crippen molar-refractivity contribution in [1.29, 1.82) is 0 Å². The van der Waals surface area contributed by atoms with Crippen LogP contribution in [0, 0.1) is 0 Å². The highest BCUT2D eigenvalue weighted by Crippen LogP contribution is 2.43. The number of amides is 1. The molecule has 2 aromatic heterocycles. The van der Waals surface area contributed by atoms with E-state index in [4.69, 9.17) is 27.6 Å². The van der Waals surface area contributed by atoms with Crippen molar-refractivity contribution < 1.29 is 35.9 Å². The lowest BCUT2D eigenvalue weighted by atomic mass is 10.1. The largest absolute Gasteiger partial charge is 0.415 e. The minimum absolute atomic E-state index is 0.0775. The van der Waals surface area contributed by atoms with Gasteiger partial charge in [-0.15, -0.1) is 21.5 Å². The molecule has 0 saturated heterocycles. The highest BCUT2D eigenvalue weighted by Gasteiger charge is 2.39. The van der Waals surface area contributed by atoms with Gasteiger partial charge in [-0.1, -0.05) is 36.2 Å². The fraction of sp³-hybridized carbons (Fsp3) is 0.455. The Labute approximate surface area is 236 Å². The molecule has 3 rings (SSSR count). The Morgan fingerprint density at radius 2 is 1.87 bits per heavy atom. The predicted molar refractivity (Wildman–Crippen MR) is 139 cm³/mol. The normalized spacial score (nSPS) is 13.5. The molecule has 0 aliphatic carbocycles. The fourth-order valence-electron chi connectivity index (χ4n) is 3.19. The van der Waals surface area contributed by atoms with Gasteiger partial charge in [0.1, 0.15) is 22.2 Å². The molecule has 0 spiro atoms. The molecule has 0 aliphatic heterocycles. The van der Waals surface area contributed by atoms with E-state index in [9.17, 15) is 31.5 Å². The number of halogens is 5. The van der Waals surface area contributed by atoms with Crippen molar-refractivity contribution in [2.75, 3.05) is 13.6 Å². The molecule has 1 amide bonds. The van der Waals surface area contributed by atoms with Crippen molar-refractivity contribution in [1.82, 2.24) is 24.8 Å². The van der Waals surface area contributed by atoms with Crippen LogP contribution in [-0.2, 0) is 15.6 Å². The van der Waals surface area contributed by atoms with E-state index in [0.717, 1.165) is 17.4 Å². The summed E-state index contributed by atoms with van der Waals surface area (Å²) in [7, 11) is -3.16. The molecule has 39 heavy (non-hydrogen) atoms. The monoisotopic (exact) mass is 629 g/mol. The van der Waals surface area contributed by atoms with Gasteiger partial charge in [0.05, 0.1) is 14.9 Å². The van der Waals surface area contributed by atoms with Crippen LogP contribution in [0.15, 0.2) is 21.4 Å². The molecular weight excluding hydrogens is 606 g/mol. The summed E-state index contributed by atoms with van der Waals surface area (Å²) < 4.78 is 71.2. The third kappa shape index (κ3) is 6.72. The number of carbonyl (C=O) groups is 1. The van der Waals surface area contributed by atoms with Crippen LogP contribution in [0.25, 0.3) is 21.3 Å². The van der Waals surface area contributed by atoms with Crippen molar-refractivity contribution in [3.8, 4) is 21.3 Å². The summed E-state index contributed by atoms with van der Waals surface area (Å²) in [5.41, 5.74) is -1.42. The zero-order valence-electron chi connectivity index (χ0n) is 21.2. The number of thiazole rings is 1. The first-order valence-electron chi connectivity index (χ1n) is 11.3. The number of carbonyl (C=O) groups excluding carboxylic acids is 1. The standard InChI is InChI=1S/C22H24Cl2F3N5O5S2/c1-6-9-32(5)19(33)15-16(38-18(28-15)17-29-30-20(37-17)21(3,4)34)11-7-8-12(14(24)13(11)23)39(35,36)31-10(2)22(25,26)27/h7-8,10,31,34H,6,9H2,1-5H3/t10-/m0/s1. The molecule has 0 fully saturated rings. The van der Waals surface area contributed by atoms with Crippen molar-refractivity contribution in [3.63, 3.8) is 0 Å². The molecule has 0 unspecified atom stereocenters. The van der Waals surface area contributed by atoms with Crippen LogP contribution in [0.3, 0.4) is 0 Å². The maximum atomic E-state index is 13.3. The first kappa shape index (κ1) is 31.2. The van der Waals surface area contributed by atoms with E-state index in [0.29, 0.717) is 19.9 Å². The van der Waals surface area contributed by atoms with Crippen LogP contribution in [0.1, 0.15) is 50.5 Å². The van der Waals surface area contributed by atoms with E-state index in [1.54, 1.807) is 7.05 Å². The van der Waals surface area contributed by atoms with Crippen molar-refractivity contribution in [2.24, 2.45) is 0 Å². The minimum Gasteiger partial charge on any atom is -0.415 e. The Morgan fingerprint density at radius 1 is 1.23 bits per heavy atom. The number of hydrogen-bond acceptors (Lipinski definition) is 9. The van der Waals surface area contributed by atoms with Gasteiger partial charge >= 0.3 is 6.18 Å². The predicted octanol–water partition coefficient (Wildman–Crippen LogP) is 5.11. The van der Waals surface area contributed by atoms with Gasteiger partial charge in [0.2, 0.25) is 15.9 Å². The molecule has 17 heteroatoms. The van der Waals surface area contributed by atoms with E-state index in [1.165, 1.54) is 29.5 Å². The second-order valence-electron chi connectivity index (χ2n) is 9.02. The molecule has 2 N–H and O–H groups in total. The molecule has 3 aromatic rings. The number of hydrogen-bond donors (Lipinski definition) is 2. The lowest BCUT2D eigenvalue weighted by Gasteiger charge is -2.19. The third-order valence-electron chi connectivity index (χ3n) is 5.27. The summed E-state index contributed by atoms with van der Waals surface area (Å²) in [5, 5.41) is 17.1. The molecule has 0 bridgehead atoms. The zero-order valence-corrected chi connectivity index (χ0v) is 24.4. The van der Waals surface area contributed by atoms with E-state index in [-0.39, 0.29) is 37.9 Å². The van der Waals surface area contributed by atoms with Gasteiger partial charge in [-0.05, 0) is 33.3 Å². The molecular formula is C22H24Cl2F3N5O5S2. The van der Waals surface area contributed by atoms with Crippen LogP contribution >= 0.6 is 34.5 Å². The zero-order chi connectivity index (χ0) is 29.5. The summed E-state index contributed by atoms with van der Waals surface area (Å²) in [6, 6.07) is -0.190. The fourth-order valence-corrected chi connectivity index (χ4v) is 6.35. The van der Waals surface area contributed by atoms with Crippen molar-refractivity contribution >= 4 is 50.5 Å². The van der Waals surface area contributed by atoms with E-state index in [1.807, 2.05) is 6.92 Å². The van der Waals surface area contributed by atoms with E-state index >= 15 is 0 Å². The number of aliphatic hydroxyl groups is 1. The number of nitrogens with zero attached hydrogens (tertiary/aromatic N) is 4.